The molecule has 0 atom stereocenters. The van der Waals surface area contributed by atoms with Crippen LogP contribution in [0.3, 0.4) is 0 Å². The number of carbonyl (C=O) groups excluding carboxylic acids is 1. The number of carbonyl (C=O) groups is 1. The maximum atomic E-state index is 13.4. The minimum Gasteiger partial charge on any atom is -0.397 e. The van der Waals surface area contributed by atoms with Gasteiger partial charge in [-0.15, -0.1) is 0 Å². The molecule has 0 saturated carbocycles. The van der Waals surface area contributed by atoms with Crippen LogP contribution in [-0.2, 0) is 0 Å². The molecule has 0 aliphatic heterocycles. The third-order valence-electron chi connectivity index (χ3n) is 2.87. The Morgan fingerprint density at radius 3 is 2.58 bits per heavy atom. The van der Waals surface area contributed by atoms with E-state index in [1.54, 1.807) is 31.2 Å². The molecule has 5 heteroatoms. The summed E-state index contributed by atoms with van der Waals surface area (Å²) in [6.07, 6.45) is 0. The summed E-state index contributed by atoms with van der Waals surface area (Å²) in [6.45, 7) is 1.67. The first-order valence-electron chi connectivity index (χ1n) is 5.70. The molecule has 0 saturated heterocycles. The Bertz CT molecular complexity index is 641. The second-order valence-electron chi connectivity index (χ2n) is 4.20. The number of nitrogens with one attached hydrogen (secondary N) is 1. The molecule has 0 spiro atoms. The predicted octanol–water partition coefficient (Wildman–Crippen LogP) is 2.56. The Kier molecular flexibility index (Phi) is 3.37. The van der Waals surface area contributed by atoms with Crippen LogP contribution >= 0.6 is 0 Å². The van der Waals surface area contributed by atoms with E-state index in [4.69, 9.17) is 11.5 Å². The summed E-state index contributed by atoms with van der Waals surface area (Å²) in [5, 5.41) is 3.03. The van der Waals surface area contributed by atoms with Crippen LogP contribution in [0.4, 0.5) is 21.5 Å². The number of hydrogen-bond donors (Lipinski definition) is 3. The van der Waals surface area contributed by atoms with Crippen molar-refractivity contribution >= 4 is 23.0 Å². The number of hydrogen-bond acceptors (Lipinski definition) is 3. The van der Waals surface area contributed by atoms with Gasteiger partial charge in [-0.2, -0.15) is 0 Å². The molecule has 0 aromatic heterocycles. The van der Waals surface area contributed by atoms with Crippen molar-refractivity contribution in [3.8, 4) is 0 Å². The first-order valence-corrected chi connectivity index (χ1v) is 5.70. The summed E-state index contributed by atoms with van der Waals surface area (Å²) in [4.78, 5) is 11.0. The number of benzene rings is 2. The summed E-state index contributed by atoms with van der Waals surface area (Å²) in [5.41, 5.74) is 13.4. The highest BCUT2D eigenvalue weighted by Crippen LogP contribution is 2.27. The minimum atomic E-state index is -0.541. The summed E-state index contributed by atoms with van der Waals surface area (Å²) in [7, 11) is 0. The number of primary amides is 1. The van der Waals surface area contributed by atoms with Crippen LogP contribution < -0.4 is 16.8 Å². The van der Waals surface area contributed by atoms with Crippen molar-refractivity contribution in [3.63, 3.8) is 0 Å². The van der Waals surface area contributed by atoms with Crippen LogP contribution in [0.5, 0.6) is 0 Å². The van der Waals surface area contributed by atoms with Crippen LogP contribution in [0.1, 0.15) is 15.9 Å². The molecule has 4 nitrogen and oxygen atoms in total. The molecule has 2 aromatic rings. The zero-order chi connectivity index (χ0) is 14.0. The Morgan fingerprint density at radius 1 is 1.21 bits per heavy atom. The summed E-state index contributed by atoms with van der Waals surface area (Å²) >= 11 is 0. The SMILES string of the molecule is Cc1c(F)cccc1Nc1ccc(C(N)=O)cc1N. The van der Waals surface area contributed by atoms with Crippen LogP contribution in [0.25, 0.3) is 0 Å². The quantitative estimate of drug-likeness (QED) is 0.741. The number of nitrogens with two attached hydrogens (primary N) is 2. The molecule has 2 rings (SSSR count). The first kappa shape index (κ1) is 12.9. The molecule has 2 aromatic carbocycles. The van der Waals surface area contributed by atoms with E-state index in [1.165, 1.54) is 12.1 Å². The van der Waals surface area contributed by atoms with E-state index in [0.29, 0.717) is 28.2 Å². The molecule has 0 radical (unpaired) electrons. The van der Waals surface area contributed by atoms with Crippen molar-refractivity contribution in [2.75, 3.05) is 11.1 Å². The lowest BCUT2D eigenvalue weighted by Gasteiger charge is -2.12. The molecule has 5 N–H and O–H groups in total. The van der Waals surface area contributed by atoms with Crippen LogP contribution in [0, 0.1) is 12.7 Å². The second-order valence-corrected chi connectivity index (χ2v) is 4.20. The maximum Gasteiger partial charge on any atom is 0.248 e. The zero-order valence-electron chi connectivity index (χ0n) is 10.4. The Morgan fingerprint density at radius 2 is 1.95 bits per heavy atom. The molecule has 0 aliphatic carbocycles. The summed E-state index contributed by atoms with van der Waals surface area (Å²) < 4.78 is 13.4. The standard InChI is InChI=1S/C14H14FN3O/c1-8-10(15)3-2-4-12(8)18-13-6-5-9(14(17)19)7-11(13)16/h2-7,18H,16H2,1H3,(H2,17,19). The topological polar surface area (TPSA) is 81.1 Å². The molecule has 0 unspecified atom stereocenters. The minimum absolute atomic E-state index is 0.294. The number of anilines is 3. The van der Waals surface area contributed by atoms with Gasteiger partial charge in [0.1, 0.15) is 5.82 Å². The highest BCUT2D eigenvalue weighted by atomic mass is 19.1. The van der Waals surface area contributed by atoms with Gasteiger partial charge in [0.2, 0.25) is 5.91 Å². The van der Waals surface area contributed by atoms with Gasteiger partial charge in [0, 0.05) is 16.8 Å². The van der Waals surface area contributed by atoms with Gasteiger partial charge in [-0.25, -0.2) is 4.39 Å². The summed E-state index contributed by atoms with van der Waals surface area (Å²) in [6, 6.07) is 9.44. The molecular weight excluding hydrogens is 245 g/mol. The van der Waals surface area contributed by atoms with E-state index in [0.717, 1.165) is 0 Å². The van der Waals surface area contributed by atoms with Crippen LogP contribution in [0.15, 0.2) is 36.4 Å². The third kappa shape index (κ3) is 2.65. The van der Waals surface area contributed by atoms with E-state index < -0.39 is 5.91 Å². The molecule has 98 valence electrons. The number of halogens is 1. The van der Waals surface area contributed by atoms with Crippen molar-refractivity contribution in [3.05, 3.63) is 53.3 Å². The maximum absolute atomic E-state index is 13.4. The van der Waals surface area contributed by atoms with Gasteiger partial charge in [0.25, 0.3) is 0 Å². The fourth-order valence-electron chi connectivity index (χ4n) is 1.72. The Labute approximate surface area is 110 Å². The first-order chi connectivity index (χ1) is 8.99. The molecule has 0 bridgehead atoms. The van der Waals surface area contributed by atoms with E-state index in [-0.39, 0.29) is 5.82 Å². The normalized spacial score (nSPS) is 10.2. The summed E-state index contributed by atoms with van der Waals surface area (Å²) in [5.74, 6) is -0.836. The highest BCUT2D eigenvalue weighted by molar-refractivity contribution is 5.95. The Balaban J connectivity index is 2.34. The van der Waals surface area contributed by atoms with E-state index in [1.807, 2.05) is 0 Å². The fraction of sp³-hybridized carbons (Fsp3) is 0.0714. The average molecular weight is 259 g/mol. The third-order valence-corrected chi connectivity index (χ3v) is 2.87. The van der Waals surface area contributed by atoms with Crippen molar-refractivity contribution in [2.45, 2.75) is 6.92 Å². The highest BCUT2D eigenvalue weighted by Gasteiger charge is 2.07. The van der Waals surface area contributed by atoms with Crippen molar-refractivity contribution < 1.29 is 9.18 Å². The van der Waals surface area contributed by atoms with Crippen molar-refractivity contribution in [1.82, 2.24) is 0 Å². The number of amides is 1. The Hall–Kier alpha value is -2.56. The van der Waals surface area contributed by atoms with Gasteiger partial charge in [0.05, 0.1) is 11.4 Å². The fourth-order valence-corrected chi connectivity index (χ4v) is 1.72. The van der Waals surface area contributed by atoms with E-state index in [2.05, 4.69) is 5.32 Å². The van der Waals surface area contributed by atoms with Gasteiger partial charge < -0.3 is 16.8 Å². The molecule has 0 aliphatic rings. The molecule has 0 heterocycles. The molecule has 0 fully saturated rings. The lowest BCUT2D eigenvalue weighted by atomic mass is 10.1. The predicted molar refractivity (Wildman–Crippen MR) is 73.8 cm³/mol. The number of rotatable bonds is 3. The van der Waals surface area contributed by atoms with Crippen molar-refractivity contribution in [1.29, 1.82) is 0 Å². The second kappa shape index (κ2) is 4.97. The average Bonchev–Trinajstić information content (AvgIpc) is 2.37. The van der Waals surface area contributed by atoms with E-state index in [9.17, 15) is 9.18 Å². The lowest BCUT2D eigenvalue weighted by Crippen LogP contribution is -2.11. The van der Waals surface area contributed by atoms with Crippen molar-refractivity contribution in [2.24, 2.45) is 5.73 Å². The smallest absolute Gasteiger partial charge is 0.248 e. The lowest BCUT2D eigenvalue weighted by molar-refractivity contribution is 0.100. The van der Waals surface area contributed by atoms with Gasteiger partial charge in [-0.1, -0.05) is 6.07 Å². The van der Waals surface area contributed by atoms with Crippen LogP contribution in [0.2, 0.25) is 0 Å². The number of nitrogen functional groups attached to an aromatic ring is 1. The van der Waals surface area contributed by atoms with E-state index >= 15 is 0 Å². The van der Waals surface area contributed by atoms with Gasteiger partial charge in [-0.05, 0) is 37.3 Å². The zero-order valence-corrected chi connectivity index (χ0v) is 10.4. The van der Waals surface area contributed by atoms with Gasteiger partial charge >= 0.3 is 0 Å². The molecule has 19 heavy (non-hydrogen) atoms. The van der Waals surface area contributed by atoms with Gasteiger partial charge in [-0.3, -0.25) is 4.79 Å². The largest absolute Gasteiger partial charge is 0.397 e. The molecule has 1 amide bonds. The monoisotopic (exact) mass is 259 g/mol. The van der Waals surface area contributed by atoms with Crippen LogP contribution in [-0.4, -0.2) is 5.91 Å². The molecular formula is C14H14FN3O. The van der Waals surface area contributed by atoms with Gasteiger partial charge in [0.15, 0.2) is 0 Å².